The number of nitrogens with zero attached hydrogens (tertiary/aromatic N) is 5. The molecule has 0 spiro atoms. The van der Waals surface area contributed by atoms with Gasteiger partial charge >= 0.3 is 0 Å². The molecule has 2 aromatic rings. The molecule has 5 nitrogen and oxygen atoms in total. The van der Waals surface area contributed by atoms with Gasteiger partial charge in [-0.25, -0.2) is 9.99 Å². The van der Waals surface area contributed by atoms with E-state index in [9.17, 15) is 5.26 Å². The molecule has 0 radical (unpaired) electrons. The highest BCUT2D eigenvalue weighted by atomic mass is 35.5. The molecule has 1 aromatic heterocycles. The standard InChI is InChI=1S/C20H24ClN5/c1-5-25(6-2)17-10-8-16(9-11-17)14-23-26(7-3)20-18(13-22)15(4)12-19(21)24-20/h8-12,14H,5-7H2,1-4H3/b23-14+. The average Bonchev–Trinajstić information content (AvgIpc) is 2.64. The fourth-order valence-corrected chi connectivity index (χ4v) is 2.97. The van der Waals surface area contributed by atoms with Gasteiger partial charge in [0.05, 0.1) is 11.8 Å². The van der Waals surface area contributed by atoms with Crippen molar-refractivity contribution in [3.63, 3.8) is 0 Å². The zero-order valence-corrected chi connectivity index (χ0v) is 16.5. The molecule has 0 N–H and O–H groups in total. The van der Waals surface area contributed by atoms with Crippen LogP contribution in [0.3, 0.4) is 0 Å². The smallest absolute Gasteiger partial charge is 0.168 e. The van der Waals surface area contributed by atoms with Gasteiger partial charge in [-0.15, -0.1) is 0 Å². The van der Waals surface area contributed by atoms with E-state index in [0.29, 0.717) is 23.1 Å². The Kier molecular flexibility index (Phi) is 6.99. The second-order valence-corrected chi connectivity index (χ2v) is 6.18. The molecule has 0 saturated heterocycles. The summed E-state index contributed by atoms with van der Waals surface area (Å²) in [6.45, 7) is 10.6. The molecule has 1 heterocycles. The first-order chi connectivity index (χ1) is 12.5. The van der Waals surface area contributed by atoms with E-state index in [1.165, 1.54) is 5.69 Å². The number of hydrogen-bond acceptors (Lipinski definition) is 5. The highest BCUT2D eigenvalue weighted by Crippen LogP contribution is 2.24. The normalized spacial score (nSPS) is 10.8. The molecular weight excluding hydrogens is 346 g/mol. The van der Waals surface area contributed by atoms with E-state index in [-0.39, 0.29) is 0 Å². The van der Waals surface area contributed by atoms with E-state index in [4.69, 9.17) is 11.6 Å². The van der Waals surface area contributed by atoms with Crippen LogP contribution in [0.4, 0.5) is 11.5 Å². The van der Waals surface area contributed by atoms with Crippen molar-refractivity contribution in [1.82, 2.24) is 4.98 Å². The summed E-state index contributed by atoms with van der Waals surface area (Å²) in [5, 5.41) is 16.0. The van der Waals surface area contributed by atoms with Crippen LogP contribution in [0, 0.1) is 18.3 Å². The van der Waals surface area contributed by atoms with Crippen molar-refractivity contribution in [2.45, 2.75) is 27.7 Å². The lowest BCUT2D eigenvalue weighted by molar-refractivity contribution is 0.865. The number of rotatable bonds is 7. The molecule has 0 aliphatic heterocycles. The Labute approximate surface area is 160 Å². The van der Waals surface area contributed by atoms with Crippen LogP contribution in [0.15, 0.2) is 35.4 Å². The molecule has 0 saturated carbocycles. The van der Waals surface area contributed by atoms with Gasteiger partial charge < -0.3 is 4.90 Å². The predicted octanol–water partition coefficient (Wildman–Crippen LogP) is 4.62. The highest BCUT2D eigenvalue weighted by molar-refractivity contribution is 6.29. The van der Waals surface area contributed by atoms with Crippen molar-refractivity contribution in [3.8, 4) is 6.07 Å². The van der Waals surface area contributed by atoms with E-state index in [1.54, 1.807) is 17.3 Å². The van der Waals surface area contributed by atoms with Gasteiger partial charge in [0.25, 0.3) is 0 Å². The molecule has 0 atom stereocenters. The summed E-state index contributed by atoms with van der Waals surface area (Å²) < 4.78 is 0. The minimum absolute atomic E-state index is 0.355. The quantitative estimate of drug-likeness (QED) is 0.406. The molecule has 0 bridgehead atoms. The van der Waals surface area contributed by atoms with E-state index in [1.807, 2.05) is 26.0 Å². The van der Waals surface area contributed by atoms with Crippen molar-refractivity contribution in [1.29, 1.82) is 5.26 Å². The molecule has 0 unspecified atom stereocenters. The Balaban J connectivity index is 2.27. The van der Waals surface area contributed by atoms with Gasteiger partial charge in [0.1, 0.15) is 11.2 Å². The summed E-state index contributed by atoms with van der Waals surface area (Å²) in [6.07, 6.45) is 1.77. The monoisotopic (exact) mass is 369 g/mol. The van der Waals surface area contributed by atoms with Gasteiger partial charge in [-0.3, -0.25) is 0 Å². The van der Waals surface area contributed by atoms with E-state index >= 15 is 0 Å². The number of hydrogen-bond donors (Lipinski definition) is 0. The molecule has 26 heavy (non-hydrogen) atoms. The minimum Gasteiger partial charge on any atom is -0.372 e. The van der Waals surface area contributed by atoms with Crippen LogP contribution in [0.5, 0.6) is 0 Å². The predicted molar refractivity (Wildman–Crippen MR) is 109 cm³/mol. The van der Waals surface area contributed by atoms with Crippen LogP contribution in [0.25, 0.3) is 0 Å². The fraction of sp³-hybridized carbons (Fsp3) is 0.350. The Morgan fingerprint density at radius 3 is 2.35 bits per heavy atom. The zero-order chi connectivity index (χ0) is 19.1. The van der Waals surface area contributed by atoms with Crippen molar-refractivity contribution >= 4 is 29.3 Å². The Morgan fingerprint density at radius 2 is 1.81 bits per heavy atom. The second kappa shape index (κ2) is 9.21. The summed E-state index contributed by atoms with van der Waals surface area (Å²) in [4.78, 5) is 6.58. The molecule has 1 aromatic carbocycles. The van der Waals surface area contributed by atoms with E-state index in [2.05, 4.69) is 47.0 Å². The maximum absolute atomic E-state index is 9.43. The first-order valence-electron chi connectivity index (χ1n) is 8.77. The molecular formula is C20H24ClN5. The third-order valence-corrected chi connectivity index (χ3v) is 4.38. The summed E-state index contributed by atoms with van der Waals surface area (Å²) >= 11 is 6.07. The SMILES string of the molecule is CCN(CC)c1ccc(/C=N/N(CC)c2nc(Cl)cc(C)c2C#N)cc1. The number of pyridine rings is 1. The van der Waals surface area contributed by atoms with Gasteiger partial charge in [-0.05, 0) is 57.0 Å². The molecule has 0 amide bonds. The number of benzene rings is 1. The van der Waals surface area contributed by atoms with Gasteiger partial charge in [0.15, 0.2) is 5.82 Å². The van der Waals surface area contributed by atoms with Gasteiger partial charge in [-0.2, -0.15) is 10.4 Å². The van der Waals surface area contributed by atoms with Crippen molar-refractivity contribution in [2.75, 3.05) is 29.5 Å². The van der Waals surface area contributed by atoms with Crippen LogP contribution in [0.2, 0.25) is 5.15 Å². The first kappa shape index (κ1) is 19.7. The Morgan fingerprint density at radius 1 is 1.15 bits per heavy atom. The van der Waals surface area contributed by atoms with Gasteiger partial charge in [0.2, 0.25) is 0 Å². The van der Waals surface area contributed by atoms with E-state index < -0.39 is 0 Å². The topological polar surface area (TPSA) is 55.5 Å². The number of aromatic nitrogens is 1. The Bertz CT molecular complexity index is 804. The Hall–Kier alpha value is -2.58. The number of hydrazone groups is 1. The van der Waals surface area contributed by atoms with Crippen molar-refractivity contribution in [3.05, 3.63) is 52.2 Å². The lowest BCUT2D eigenvalue weighted by Crippen LogP contribution is -2.21. The summed E-state index contributed by atoms with van der Waals surface area (Å²) in [5.41, 5.74) is 3.46. The average molecular weight is 370 g/mol. The minimum atomic E-state index is 0.355. The van der Waals surface area contributed by atoms with Gasteiger partial charge in [0, 0.05) is 25.3 Å². The summed E-state index contributed by atoms with van der Waals surface area (Å²) in [5.74, 6) is 0.482. The summed E-state index contributed by atoms with van der Waals surface area (Å²) in [7, 11) is 0. The first-order valence-corrected chi connectivity index (χ1v) is 9.15. The molecule has 0 fully saturated rings. The summed E-state index contributed by atoms with van der Waals surface area (Å²) in [6, 6.07) is 12.1. The maximum Gasteiger partial charge on any atom is 0.168 e. The lowest BCUT2D eigenvalue weighted by Gasteiger charge is -2.21. The van der Waals surface area contributed by atoms with Crippen LogP contribution in [-0.2, 0) is 0 Å². The largest absolute Gasteiger partial charge is 0.372 e. The van der Waals surface area contributed by atoms with Crippen molar-refractivity contribution < 1.29 is 0 Å². The zero-order valence-electron chi connectivity index (χ0n) is 15.7. The maximum atomic E-state index is 9.43. The lowest BCUT2D eigenvalue weighted by atomic mass is 10.1. The number of anilines is 2. The van der Waals surface area contributed by atoms with E-state index in [0.717, 1.165) is 24.2 Å². The number of nitriles is 1. The highest BCUT2D eigenvalue weighted by Gasteiger charge is 2.14. The number of aryl methyl sites for hydroxylation is 1. The molecule has 0 aliphatic carbocycles. The molecule has 6 heteroatoms. The van der Waals surface area contributed by atoms with Crippen LogP contribution < -0.4 is 9.91 Å². The van der Waals surface area contributed by atoms with Crippen LogP contribution in [-0.4, -0.2) is 30.8 Å². The second-order valence-electron chi connectivity index (χ2n) is 5.80. The third-order valence-electron chi connectivity index (χ3n) is 4.19. The van der Waals surface area contributed by atoms with Crippen LogP contribution in [0.1, 0.15) is 37.5 Å². The molecule has 2 rings (SSSR count). The van der Waals surface area contributed by atoms with Gasteiger partial charge in [-0.1, -0.05) is 23.7 Å². The third kappa shape index (κ3) is 4.53. The van der Waals surface area contributed by atoms with Crippen LogP contribution >= 0.6 is 11.6 Å². The molecule has 136 valence electrons. The fourth-order valence-electron chi connectivity index (χ4n) is 2.72. The van der Waals surface area contributed by atoms with Crippen molar-refractivity contribution in [2.24, 2.45) is 5.10 Å². The number of halogens is 1. The molecule has 0 aliphatic rings.